The van der Waals surface area contributed by atoms with Crippen molar-refractivity contribution in [1.29, 1.82) is 0 Å². The second-order valence-electron chi connectivity index (χ2n) is 6.38. The number of aromatic nitrogens is 2. The average Bonchev–Trinajstić information content (AvgIpc) is 3.08. The van der Waals surface area contributed by atoms with Crippen LogP contribution in [-0.4, -0.2) is 36.1 Å². The van der Waals surface area contributed by atoms with Gasteiger partial charge < -0.3 is 4.90 Å². The molecule has 3 rings (SSSR count). The minimum Gasteiger partial charge on any atom is -0.337 e. The highest BCUT2D eigenvalue weighted by atomic mass is 79.9. The summed E-state index contributed by atoms with van der Waals surface area (Å²) in [4.78, 5) is 14.2. The molecular formula is C19H19BrN4O3S. The predicted octanol–water partition coefficient (Wildman–Crippen LogP) is 2.61. The molecule has 2 N–H and O–H groups in total. The molecule has 1 heterocycles. The third-order valence-corrected chi connectivity index (χ3v) is 5.74. The van der Waals surface area contributed by atoms with Crippen molar-refractivity contribution in [2.45, 2.75) is 18.0 Å². The number of halogens is 1. The minimum atomic E-state index is -3.89. The molecule has 0 spiro atoms. The van der Waals surface area contributed by atoms with Crippen LogP contribution in [0.4, 0.5) is 0 Å². The van der Waals surface area contributed by atoms with Gasteiger partial charge in [0.05, 0.1) is 23.2 Å². The third-order valence-electron chi connectivity index (χ3n) is 4.14. The van der Waals surface area contributed by atoms with Crippen LogP contribution in [0, 0.1) is 0 Å². The van der Waals surface area contributed by atoms with Gasteiger partial charge in [-0.3, -0.25) is 9.48 Å². The number of benzene rings is 2. The normalized spacial score (nSPS) is 11.4. The SMILES string of the molecule is CN(Cc1cnn(Cc2ccccc2)c1)C(=O)c1cc(S(N)(=O)=O)ccc1Br. The second-order valence-corrected chi connectivity index (χ2v) is 8.80. The fourth-order valence-electron chi connectivity index (χ4n) is 2.74. The van der Waals surface area contributed by atoms with E-state index in [0.29, 0.717) is 17.6 Å². The molecule has 0 saturated carbocycles. The van der Waals surface area contributed by atoms with Crippen molar-refractivity contribution in [3.8, 4) is 0 Å². The Morgan fingerprint density at radius 2 is 1.89 bits per heavy atom. The number of hydrogen-bond acceptors (Lipinski definition) is 4. The maximum absolute atomic E-state index is 12.8. The minimum absolute atomic E-state index is 0.108. The molecule has 1 amide bonds. The van der Waals surface area contributed by atoms with Crippen LogP contribution in [0.15, 0.2) is 70.3 Å². The Kier molecular flexibility index (Phi) is 5.97. The molecule has 0 saturated heterocycles. The molecule has 146 valence electrons. The van der Waals surface area contributed by atoms with Crippen LogP contribution in [0.3, 0.4) is 0 Å². The molecule has 0 fully saturated rings. The first-order chi connectivity index (χ1) is 13.2. The van der Waals surface area contributed by atoms with Gasteiger partial charge in [-0.05, 0) is 39.7 Å². The molecule has 9 heteroatoms. The molecule has 3 aromatic rings. The number of hydrogen-bond donors (Lipinski definition) is 1. The molecule has 7 nitrogen and oxygen atoms in total. The van der Waals surface area contributed by atoms with Crippen LogP contribution in [-0.2, 0) is 23.1 Å². The molecular weight excluding hydrogens is 444 g/mol. The van der Waals surface area contributed by atoms with Crippen LogP contribution in [0.25, 0.3) is 0 Å². The Morgan fingerprint density at radius 1 is 1.18 bits per heavy atom. The lowest BCUT2D eigenvalue weighted by Crippen LogP contribution is -2.27. The molecule has 0 aliphatic carbocycles. The first-order valence-electron chi connectivity index (χ1n) is 8.37. The largest absolute Gasteiger partial charge is 0.337 e. The monoisotopic (exact) mass is 462 g/mol. The van der Waals surface area contributed by atoms with Crippen molar-refractivity contribution in [1.82, 2.24) is 14.7 Å². The molecule has 1 aromatic heterocycles. The Morgan fingerprint density at radius 3 is 2.57 bits per heavy atom. The highest BCUT2D eigenvalue weighted by Crippen LogP contribution is 2.22. The summed E-state index contributed by atoms with van der Waals surface area (Å²) in [5, 5.41) is 9.50. The van der Waals surface area contributed by atoms with Gasteiger partial charge in [0.1, 0.15) is 0 Å². The quantitative estimate of drug-likeness (QED) is 0.608. The number of primary sulfonamides is 1. The molecule has 0 unspecified atom stereocenters. The number of nitrogens with zero attached hydrogens (tertiary/aromatic N) is 3. The van der Waals surface area contributed by atoms with Gasteiger partial charge in [-0.2, -0.15) is 5.10 Å². The van der Waals surface area contributed by atoms with Gasteiger partial charge in [0.2, 0.25) is 10.0 Å². The second kappa shape index (κ2) is 8.26. The fraction of sp³-hybridized carbons (Fsp3) is 0.158. The van der Waals surface area contributed by atoms with E-state index in [1.54, 1.807) is 17.9 Å². The van der Waals surface area contributed by atoms with Crippen LogP contribution in [0.5, 0.6) is 0 Å². The van der Waals surface area contributed by atoms with E-state index in [1.165, 1.54) is 23.1 Å². The van der Waals surface area contributed by atoms with E-state index in [4.69, 9.17) is 5.14 Å². The Hall–Kier alpha value is -2.49. The molecule has 28 heavy (non-hydrogen) atoms. The highest BCUT2D eigenvalue weighted by Gasteiger charge is 2.19. The summed E-state index contributed by atoms with van der Waals surface area (Å²) >= 11 is 3.29. The van der Waals surface area contributed by atoms with Gasteiger partial charge in [-0.15, -0.1) is 0 Å². The molecule has 0 aliphatic heterocycles. The predicted molar refractivity (Wildman–Crippen MR) is 109 cm³/mol. The average molecular weight is 463 g/mol. The van der Waals surface area contributed by atoms with E-state index in [2.05, 4.69) is 21.0 Å². The fourth-order valence-corrected chi connectivity index (χ4v) is 3.70. The van der Waals surface area contributed by atoms with Crippen LogP contribution < -0.4 is 5.14 Å². The van der Waals surface area contributed by atoms with E-state index >= 15 is 0 Å². The molecule has 0 radical (unpaired) electrons. The summed E-state index contributed by atoms with van der Waals surface area (Å²) in [6.45, 7) is 0.972. The van der Waals surface area contributed by atoms with E-state index in [-0.39, 0.29) is 16.4 Å². The number of nitrogens with two attached hydrogens (primary N) is 1. The van der Waals surface area contributed by atoms with E-state index in [1.807, 2.05) is 36.5 Å². The number of amides is 1. The van der Waals surface area contributed by atoms with Crippen molar-refractivity contribution in [3.63, 3.8) is 0 Å². The zero-order valence-corrected chi connectivity index (χ0v) is 17.5. The standard InChI is InChI=1S/C19H19BrN4O3S/c1-23(19(25)17-9-16(28(21,26)27)7-8-18(17)20)11-15-10-22-24(13-15)12-14-5-3-2-4-6-14/h2-10,13H,11-12H2,1H3,(H2,21,26,27). The lowest BCUT2D eigenvalue weighted by Gasteiger charge is -2.17. The van der Waals surface area contributed by atoms with Gasteiger partial charge in [0.15, 0.2) is 0 Å². The van der Waals surface area contributed by atoms with E-state index in [0.717, 1.165) is 11.1 Å². The lowest BCUT2D eigenvalue weighted by molar-refractivity contribution is 0.0784. The maximum Gasteiger partial charge on any atom is 0.255 e. The topological polar surface area (TPSA) is 98.3 Å². The zero-order chi connectivity index (χ0) is 20.3. The smallest absolute Gasteiger partial charge is 0.255 e. The van der Waals surface area contributed by atoms with Gasteiger partial charge in [-0.25, -0.2) is 13.6 Å². The summed E-state index contributed by atoms with van der Waals surface area (Å²) in [7, 11) is -2.25. The molecule has 0 aliphatic rings. The molecule has 0 bridgehead atoms. The first-order valence-corrected chi connectivity index (χ1v) is 10.7. The number of sulfonamides is 1. The van der Waals surface area contributed by atoms with Crippen LogP contribution in [0.2, 0.25) is 0 Å². The third kappa shape index (κ3) is 4.86. The number of carbonyl (C=O) groups is 1. The lowest BCUT2D eigenvalue weighted by atomic mass is 10.2. The van der Waals surface area contributed by atoms with Crippen molar-refractivity contribution in [2.24, 2.45) is 5.14 Å². The van der Waals surface area contributed by atoms with Crippen molar-refractivity contribution >= 4 is 31.9 Å². The van der Waals surface area contributed by atoms with Crippen molar-refractivity contribution in [3.05, 3.63) is 82.1 Å². The van der Waals surface area contributed by atoms with Crippen LogP contribution >= 0.6 is 15.9 Å². The summed E-state index contributed by atoms with van der Waals surface area (Å²) in [5.41, 5.74) is 2.22. The Balaban J connectivity index is 1.73. The van der Waals surface area contributed by atoms with Gasteiger partial charge in [0, 0.05) is 29.8 Å². The Bertz CT molecular complexity index is 1100. The van der Waals surface area contributed by atoms with Crippen molar-refractivity contribution in [2.75, 3.05) is 7.05 Å². The molecule has 2 aromatic carbocycles. The number of rotatable bonds is 6. The van der Waals surface area contributed by atoms with Gasteiger partial charge in [0.25, 0.3) is 5.91 Å². The van der Waals surface area contributed by atoms with E-state index < -0.39 is 10.0 Å². The summed E-state index contributed by atoms with van der Waals surface area (Å²) in [5.74, 6) is -0.326. The summed E-state index contributed by atoms with van der Waals surface area (Å²) in [6, 6.07) is 14.1. The van der Waals surface area contributed by atoms with E-state index in [9.17, 15) is 13.2 Å². The zero-order valence-electron chi connectivity index (χ0n) is 15.1. The number of carbonyl (C=O) groups excluding carboxylic acids is 1. The highest BCUT2D eigenvalue weighted by molar-refractivity contribution is 9.10. The van der Waals surface area contributed by atoms with Gasteiger partial charge in [-0.1, -0.05) is 30.3 Å². The van der Waals surface area contributed by atoms with Crippen LogP contribution in [0.1, 0.15) is 21.5 Å². The maximum atomic E-state index is 12.8. The van der Waals surface area contributed by atoms with Crippen molar-refractivity contribution < 1.29 is 13.2 Å². The Labute approximate surface area is 172 Å². The molecule has 0 atom stereocenters. The summed E-state index contributed by atoms with van der Waals surface area (Å²) in [6.07, 6.45) is 3.59. The first kappa shape index (κ1) is 20.2. The summed E-state index contributed by atoms with van der Waals surface area (Å²) < 4.78 is 25.4. The van der Waals surface area contributed by atoms with Gasteiger partial charge >= 0.3 is 0 Å².